The predicted molar refractivity (Wildman–Crippen MR) is 117 cm³/mol. The number of pyridine rings is 1. The highest BCUT2D eigenvalue weighted by atomic mass is 79.9. The molecule has 28 heavy (non-hydrogen) atoms. The summed E-state index contributed by atoms with van der Waals surface area (Å²) < 4.78 is 6.98. The molecule has 2 heterocycles. The van der Waals surface area contributed by atoms with E-state index in [-0.39, 0.29) is 11.7 Å². The van der Waals surface area contributed by atoms with E-state index < -0.39 is 0 Å². The van der Waals surface area contributed by atoms with Crippen LogP contribution in [0.4, 0.5) is 0 Å². The summed E-state index contributed by atoms with van der Waals surface area (Å²) in [7, 11) is 0. The van der Waals surface area contributed by atoms with Crippen molar-refractivity contribution in [2.45, 2.75) is 39.0 Å². The van der Waals surface area contributed by atoms with Crippen molar-refractivity contribution < 1.29 is 4.74 Å². The first-order chi connectivity index (χ1) is 13.6. The quantitative estimate of drug-likeness (QED) is 0.599. The van der Waals surface area contributed by atoms with Crippen LogP contribution in [0.15, 0.2) is 57.8 Å². The van der Waals surface area contributed by atoms with E-state index in [9.17, 15) is 4.79 Å². The first-order valence-corrected chi connectivity index (χ1v) is 10.6. The number of H-pyrrole nitrogens is 1. The number of rotatable bonds is 6. The van der Waals surface area contributed by atoms with E-state index >= 15 is 0 Å². The van der Waals surface area contributed by atoms with Crippen molar-refractivity contribution in [3.05, 3.63) is 80.0 Å². The number of hydrogen-bond donors (Lipinski definition) is 1. The Morgan fingerprint density at radius 1 is 1.14 bits per heavy atom. The van der Waals surface area contributed by atoms with E-state index in [1.807, 2.05) is 30.3 Å². The molecule has 1 aliphatic heterocycles. The zero-order chi connectivity index (χ0) is 19.5. The van der Waals surface area contributed by atoms with Crippen LogP contribution in [-0.2, 0) is 17.8 Å². The molecule has 0 spiro atoms. The molecule has 3 aromatic rings. The molecule has 0 amide bonds. The second-order valence-electron chi connectivity index (χ2n) is 7.61. The molecule has 1 unspecified atom stereocenters. The second kappa shape index (κ2) is 8.60. The van der Waals surface area contributed by atoms with Crippen LogP contribution < -0.4 is 5.56 Å². The van der Waals surface area contributed by atoms with E-state index in [1.54, 1.807) is 0 Å². The summed E-state index contributed by atoms with van der Waals surface area (Å²) in [5.74, 6) is 0. The first-order valence-electron chi connectivity index (χ1n) is 9.78. The molecule has 1 atom stereocenters. The van der Waals surface area contributed by atoms with Crippen LogP contribution in [0, 0.1) is 6.92 Å². The van der Waals surface area contributed by atoms with E-state index in [2.05, 4.69) is 50.9 Å². The number of nitrogens with one attached hydrogen (secondary N) is 1. The second-order valence-corrected chi connectivity index (χ2v) is 8.46. The van der Waals surface area contributed by atoms with E-state index in [4.69, 9.17) is 4.74 Å². The van der Waals surface area contributed by atoms with Gasteiger partial charge in [0.25, 0.3) is 5.56 Å². The van der Waals surface area contributed by atoms with Gasteiger partial charge in [-0.1, -0.05) is 46.3 Å². The Bertz CT molecular complexity index is 1020. The van der Waals surface area contributed by atoms with Gasteiger partial charge in [0, 0.05) is 41.8 Å². The SMILES string of the molecule is Cc1ccc(CN(Cc2cc3ccccc3[nH]c2=O)CC2CCCO2)c(Br)c1. The van der Waals surface area contributed by atoms with Crippen molar-refractivity contribution in [2.75, 3.05) is 13.2 Å². The van der Waals surface area contributed by atoms with Gasteiger partial charge in [-0.05, 0) is 54.5 Å². The number of para-hydroxylation sites is 1. The summed E-state index contributed by atoms with van der Waals surface area (Å²) in [6.07, 6.45) is 2.44. The molecule has 2 aromatic carbocycles. The van der Waals surface area contributed by atoms with Crippen LogP contribution in [0.3, 0.4) is 0 Å². The van der Waals surface area contributed by atoms with Crippen LogP contribution in [0.5, 0.6) is 0 Å². The van der Waals surface area contributed by atoms with E-state index in [0.29, 0.717) is 6.54 Å². The van der Waals surface area contributed by atoms with E-state index in [1.165, 1.54) is 11.1 Å². The lowest BCUT2D eigenvalue weighted by Gasteiger charge is -2.26. The molecule has 0 radical (unpaired) electrons. The van der Waals surface area contributed by atoms with Crippen molar-refractivity contribution in [1.29, 1.82) is 0 Å². The monoisotopic (exact) mass is 440 g/mol. The molecule has 1 aromatic heterocycles. The minimum absolute atomic E-state index is 0.0148. The highest BCUT2D eigenvalue weighted by Crippen LogP contribution is 2.23. The number of fused-ring (bicyclic) bond motifs is 1. The molecule has 146 valence electrons. The summed E-state index contributed by atoms with van der Waals surface area (Å²) in [5, 5.41) is 1.06. The van der Waals surface area contributed by atoms with Crippen molar-refractivity contribution in [3.8, 4) is 0 Å². The molecule has 0 saturated carbocycles. The van der Waals surface area contributed by atoms with Crippen molar-refractivity contribution in [3.63, 3.8) is 0 Å². The highest BCUT2D eigenvalue weighted by molar-refractivity contribution is 9.10. The third-order valence-corrected chi connectivity index (χ3v) is 6.05. The smallest absolute Gasteiger partial charge is 0.252 e. The number of benzene rings is 2. The summed E-state index contributed by atoms with van der Waals surface area (Å²) >= 11 is 3.69. The molecule has 4 rings (SSSR count). The van der Waals surface area contributed by atoms with Gasteiger partial charge in [0.1, 0.15) is 0 Å². The van der Waals surface area contributed by atoms with Crippen LogP contribution >= 0.6 is 15.9 Å². The first kappa shape index (κ1) is 19.4. The Morgan fingerprint density at radius 2 is 1.96 bits per heavy atom. The zero-order valence-electron chi connectivity index (χ0n) is 16.1. The fourth-order valence-corrected chi connectivity index (χ4v) is 4.45. The van der Waals surface area contributed by atoms with Crippen molar-refractivity contribution >= 4 is 26.8 Å². The number of halogens is 1. The Kier molecular flexibility index (Phi) is 5.95. The van der Waals surface area contributed by atoms with Gasteiger partial charge in [0.2, 0.25) is 0 Å². The molecule has 1 N–H and O–H groups in total. The number of nitrogens with zero attached hydrogens (tertiary/aromatic N) is 1. The minimum atomic E-state index is -0.0148. The standard InChI is InChI=1S/C23H25BrN2O2/c1-16-8-9-18(21(24)11-16)13-26(15-20-6-4-10-28-20)14-19-12-17-5-2-3-7-22(17)25-23(19)27/h2-3,5,7-9,11-12,20H,4,6,10,13-15H2,1H3,(H,25,27). The normalized spacial score (nSPS) is 16.9. The number of aromatic amines is 1. The Hall–Kier alpha value is -1.95. The summed E-state index contributed by atoms with van der Waals surface area (Å²) in [5.41, 5.74) is 4.11. The predicted octanol–water partition coefficient (Wildman–Crippen LogP) is 4.78. The third kappa shape index (κ3) is 4.54. The number of hydrogen-bond acceptors (Lipinski definition) is 3. The Labute approximate surface area is 173 Å². The van der Waals surface area contributed by atoms with Gasteiger partial charge in [0.15, 0.2) is 0 Å². The van der Waals surface area contributed by atoms with Crippen LogP contribution in [0.2, 0.25) is 0 Å². The van der Waals surface area contributed by atoms with Crippen LogP contribution in [0.25, 0.3) is 10.9 Å². The molecule has 1 aliphatic rings. The van der Waals surface area contributed by atoms with Crippen molar-refractivity contribution in [1.82, 2.24) is 9.88 Å². The average Bonchev–Trinajstić information content (AvgIpc) is 3.17. The van der Waals surface area contributed by atoms with Gasteiger partial charge in [0.05, 0.1) is 6.10 Å². The number of aromatic nitrogens is 1. The zero-order valence-corrected chi connectivity index (χ0v) is 17.7. The summed E-state index contributed by atoms with van der Waals surface area (Å²) in [6, 6.07) is 16.4. The molecule has 4 nitrogen and oxygen atoms in total. The molecular formula is C23H25BrN2O2. The molecule has 5 heteroatoms. The Morgan fingerprint density at radius 3 is 2.75 bits per heavy atom. The lowest BCUT2D eigenvalue weighted by molar-refractivity contribution is 0.0677. The van der Waals surface area contributed by atoms with Gasteiger partial charge in [-0.2, -0.15) is 0 Å². The fourth-order valence-electron chi connectivity index (χ4n) is 3.83. The maximum absolute atomic E-state index is 12.6. The molecule has 0 bridgehead atoms. The fraction of sp³-hybridized carbons (Fsp3) is 0.348. The Balaban J connectivity index is 1.61. The summed E-state index contributed by atoms with van der Waals surface area (Å²) in [4.78, 5) is 18.0. The largest absolute Gasteiger partial charge is 0.377 e. The molecule has 1 fully saturated rings. The lowest BCUT2D eigenvalue weighted by Crippen LogP contribution is -2.33. The van der Waals surface area contributed by atoms with Crippen LogP contribution in [-0.4, -0.2) is 29.1 Å². The molecule has 0 aliphatic carbocycles. The van der Waals surface area contributed by atoms with Gasteiger partial charge in [-0.3, -0.25) is 9.69 Å². The van der Waals surface area contributed by atoms with Crippen molar-refractivity contribution in [2.24, 2.45) is 0 Å². The maximum atomic E-state index is 12.6. The molecular weight excluding hydrogens is 416 g/mol. The highest BCUT2D eigenvalue weighted by Gasteiger charge is 2.21. The average molecular weight is 441 g/mol. The van der Waals surface area contributed by atoms with Gasteiger partial charge >= 0.3 is 0 Å². The van der Waals surface area contributed by atoms with Gasteiger partial charge < -0.3 is 9.72 Å². The third-order valence-electron chi connectivity index (χ3n) is 5.31. The van der Waals surface area contributed by atoms with Crippen LogP contribution in [0.1, 0.15) is 29.5 Å². The number of aryl methyl sites for hydroxylation is 1. The number of ether oxygens (including phenoxy) is 1. The van der Waals surface area contributed by atoms with E-state index in [0.717, 1.165) is 53.5 Å². The maximum Gasteiger partial charge on any atom is 0.252 e. The van der Waals surface area contributed by atoms with Gasteiger partial charge in [-0.15, -0.1) is 0 Å². The topological polar surface area (TPSA) is 45.3 Å². The van der Waals surface area contributed by atoms with Gasteiger partial charge in [-0.25, -0.2) is 0 Å². The summed E-state index contributed by atoms with van der Waals surface area (Å²) in [6.45, 7) is 5.12. The molecule has 1 saturated heterocycles. The lowest BCUT2D eigenvalue weighted by atomic mass is 10.1. The minimum Gasteiger partial charge on any atom is -0.377 e.